The first-order valence-corrected chi connectivity index (χ1v) is 3.62. The van der Waals surface area contributed by atoms with Crippen molar-refractivity contribution < 1.29 is 0 Å². The van der Waals surface area contributed by atoms with Gasteiger partial charge in [0.15, 0.2) is 0 Å². The van der Waals surface area contributed by atoms with E-state index in [0.717, 1.165) is 12.4 Å². The van der Waals surface area contributed by atoms with Crippen molar-refractivity contribution >= 4 is 17.1 Å². The van der Waals surface area contributed by atoms with Crippen molar-refractivity contribution in [3.05, 3.63) is 18.2 Å². The minimum Gasteiger partial charge on any atom is -0.399 e. The van der Waals surface area contributed by atoms with E-state index in [-0.39, 0.29) is 0 Å². The first-order valence-electron chi connectivity index (χ1n) is 3.62. The fourth-order valence-electron chi connectivity index (χ4n) is 1.30. The highest BCUT2D eigenvalue weighted by molar-refractivity contribution is 5.77. The van der Waals surface area contributed by atoms with Crippen LogP contribution in [0.1, 0.15) is 0 Å². The van der Waals surface area contributed by atoms with Gasteiger partial charge < -0.3 is 16.0 Å². The number of rotatable bonds is 0. The van der Waals surface area contributed by atoms with Crippen LogP contribution in [0.5, 0.6) is 0 Å². The Bertz CT molecular complexity index is 283. The second-order valence-electron chi connectivity index (χ2n) is 2.81. The highest BCUT2D eigenvalue weighted by Crippen LogP contribution is 2.31. The van der Waals surface area contributed by atoms with Crippen molar-refractivity contribution in [1.29, 1.82) is 0 Å². The van der Waals surface area contributed by atoms with Crippen LogP contribution >= 0.6 is 0 Å². The number of nitrogens with two attached hydrogens (primary N) is 1. The maximum absolute atomic E-state index is 5.64. The molecular formula is C8H11N3. The van der Waals surface area contributed by atoms with Crippen LogP contribution in [0.3, 0.4) is 0 Å². The van der Waals surface area contributed by atoms with Crippen molar-refractivity contribution in [1.82, 2.24) is 0 Å². The minimum atomic E-state index is 0.819. The van der Waals surface area contributed by atoms with E-state index in [1.54, 1.807) is 0 Å². The summed E-state index contributed by atoms with van der Waals surface area (Å²) in [4.78, 5) is 2.13. The first-order chi connectivity index (χ1) is 5.27. The van der Waals surface area contributed by atoms with E-state index < -0.39 is 0 Å². The Labute approximate surface area is 65.8 Å². The van der Waals surface area contributed by atoms with Gasteiger partial charge in [-0.2, -0.15) is 0 Å². The fraction of sp³-hybridized carbons (Fsp3) is 0.250. The molecule has 1 aromatic carbocycles. The molecule has 0 unspecified atom stereocenters. The van der Waals surface area contributed by atoms with Gasteiger partial charge in [0, 0.05) is 12.7 Å². The molecule has 0 saturated heterocycles. The van der Waals surface area contributed by atoms with Gasteiger partial charge in [-0.15, -0.1) is 0 Å². The van der Waals surface area contributed by atoms with Crippen molar-refractivity contribution in [2.24, 2.45) is 0 Å². The molecule has 58 valence electrons. The summed E-state index contributed by atoms with van der Waals surface area (Å²) in [5, 5.41) is 3.25. The van der Waals surface area contributed by atoms with Gasteiger partial charge in [0.2, 0.25) is 0 Å². The van der Waals surface area contributed by atoms with Gasteiger partial charge in [0.05, 0.1) is 18.0 Å². The van der Waals surface area contributed by atoms with E-state index >= 15 is 0 Å². The Kier molecular flexibility index (Phi) is 1.18. The summed E-state index contributed by atoms with van der Waals surface area (Å²) >= 11 is 0. The van der Waals surface area contributed by atoms with Crippen LogP contribution < -0.4 is 16.0 Å². The molecule has 3 nitrogen and oxygen atoms in total. The number of nitrogens with one attached hydrogen (secondary N) is 1. The summed E-state index contributed by atoms with van der Waals surface area (Å²) in [7, 11) is 2.04. The highest BCUT2D eigenvalue weighted by atomic mass is 15.3. The van der Waals surface area contributed by atoms with Crippen LogP contribution in [0.2, 0.25) is 0 Å². The molecule has 0 aliphatic carbocycles. The molecule has 1 aromatic rings. The molecule has 3 N–H and O–H groups in total. The topological polar surface area (TPSA) is 41.3 Å². The van der Waals surface area contributed by atoms with Crippen LogP contribution in [0.25, 0.3) is 0 Å². The molecule has 1 aliphatic heterocycles. The van der Waals surface area contributed by atoms with E-state index in [1.807, 2.05) is 25.2 Å². The third kappa shape index (κ3) is 0.888. The van der Waals surface area contributed by atoms with E-state index in [2.05, 4.69) is 10.2 Å². The number of nitrogens with zero attached hydrogens (tertiary/aromatic N) is 1. The van der Waals surface area contributed by atoms with Gasteiger partial charge in [-0.3, -0.25) is 0 Å². The average Bonchev–Trinajstić information content (AvgIpc) is 2.33. The first kappa shape index (κ1) is 6.34. The van der Waals surface area contributed by atoms with Crippen molar-refractivity contribution in [3.8, 4) is 0 Å². The smallest absolute Gasteiger partial charge is 0.0874 e. The zero-order valence-electron chi connectivity index (χ0n) is 6.46. The Morgan fingerprint density at radius 3 is 3.18 bits per heavy atom. The monoisotopic (exact) mass is 149 g/mol. The average molecular weight is 149 g/mol. The molecule has 0 fully saturated rings. The van der Waals surface area contributed by atoms with Crippen molar-refractivity contribution in [2.75, 3.05) is 29.7 Å². The predicted octanol–water partition coefficient (Wildman–Crippen LogP) is 1.09. The predicted molar refractivity (Wildman–Crippen MR) is 47.7 cm³/mol. The van der Waals surface area contributed by atoms with Crippen LogP contribution in [0, 0.1) is 0 Å². The largest absolute Gasteiger partial charge is 0.399 e. The second-order valence-corrected chi connectivity index (χ2v) is 2.81. The lowest BCUT2D eigenvalue weighted by Crippen LogP contribution is -2.15. The number of hydrogen-bond donors (Lipinski definition) is 2. The van der Waals surface area contributed by atoms with Gasteiger partial charge in [0.1, 0.15) is 0 Å². The zero-order chi connectivity index (χ0) is 7.84. The standard InChI is InChI=1S/C8H11N3/c1-11-5-10-7-3-2-6(9)4-8(7)11/h2-4,10H,5,9H2,1H3. The molecular weight excluding hydrogens is 138 g/mol. The number of anilines is 3. The second kappa shape index (κ2) is 2.05. The van der Waals surface area contributed by atoms with E-state index in [4.69, 9.17) is 5.73 Å². The lowest BCUT2D eigenvalue weighted by atomic mass is 10.2. The SMILES string of the molecule is CN1CNc2ccc(N)cc21. The molecule has 0 radical (unpaired) electrons. The molecule has 0 amide bonds. The molecule has 0 aromatic heterocycles. The molecule has 0 bridgehead atoms. The summed E-state index contributed by atoms with van der Waals surface area (Å²) in [6, 6.07) is 5.90. The van der Waals surface area contributed by atoms with Gasteiger partial charge in [-0.25, -0.2) is 0 Å². The quantitative estimate of drug-likeness (QED) is 0.542. The number of benzene rings is 1. The normalized spacial score (nSPS) is 14.5. The number of nitrogen functional groups attached to an aromatic ring is 1. The molecule has 2 rings (SSSR count). The van der Waals surface area contributed by atoms with E-state index in [0.29, 0.717) is 0 Å². The molecule has 3 heteroatoms. The van der Waals surface area contributed by atoms with Gasteiger partial charge in [-0.1, -0.05) is 0 Å². The van der Waals surface area contributed by atoms with Crippen LogP contribution in [-0.2, 0) is 0 Å². The zero-order valence-corrected chi connectivity index (χ0v) is 6.46. The third-order valence-corrected chi connectivity index (χ3v) is 1.94. The Balaban J connectivity index is 2.52. The van der Waals surface area contributed by atoms with Gasteiger partial charge in [-0.05, 0) is 18.2 Å². The van der Waals surface area contributed by atoms with E-state index in [9.17, 15) is 0 Å². The van der Waals surface area contributed by atoms with Crippen LogP contribution in [0.15, 0.2) is 18.2 Å². The highest BCUT2D eigenvalue weighted by Gasteiger charge is 2.13. The Morgan fingerprint density at radius 1 is 1.55 bits per heavy atom. The fourth-order valence-corrected chi connectivity index (χ4v) is 1.30. The summed E-state index contributed by atoms with van der Waals surface area (Å²) < 4.78 is 0. The summed E-state index contributed by atoms with van der Waals surface area (Å²) in [6.07, 6.45) is 0. The minimum absolute atomic E-state index is 0.819. The molecule has 0 atom stereocenters. The maximum Gasteiger partial charge on any atom is 0.0874 e. The third-order valence-electron chi connectivity index (χ3n) is 1.94. The number of fused-ring (bicyclic) bond motifs is 1. The molecule has 1 heterocycles. The summed E-state index contributed by atoms with van der Waals surface area (Å²) in [5.41, 5.74) is 8.81. The van der Waals surface area contributed by atoms with Gasteiger partial charge in [0.25, 0.3) is 0 Å². The molecule has 1 aliphatic rings. The maximum atomic E-state index is 5.64. The van der Waals surface area contributed by atoms with Crippen LogP contribution in [-0.4, -0.2) is 13.7 Å². The molecule has 11 heavy (non-hydrogen) atoms. The van der Waals surface area contributed by atoms with Crippen molar-refractivity contribution in [2.45, 2.75) is 0 Å². The Morgan fingerprint density at radius 2 is 2.36 bits per heavy atom. The lowest BCUT2D eigenvalue weighted by molar-refractivity contribution is 1.03. The van der Waals surface area contributed by atoms with Crippen LogP contribution in [0.4, 0.5) is 17.1 Å². The van der Waals surface area contributed by atoms with Crippen molar-refractivity contribution in [3.63, 3.8) is 0 Å². The lowest BCUT2D eigenvalue weighted by Gasteiger charge is -2.09. The summed E-state index contributed by atoms with van der Waals surface area (Å²) in [5.74, 6) is 0. The van der Waals surface area contributed by atoms with E-state index in [1.165, 1.54) is 11.4 Å². The van der Waals surface area contributed by atoms with Gasteiger partial charge >= 0.3 is 0 Å². The summed E-state index contributed by atoms with van der Waals surface area (Å²) in [6.45, 7) is 0.874. The molecule has 0 saturated carbocycles. The molecule has 0 spiro atoms. The Hall–Kier alpha value is -1.38. The number of hydrogen-bond acceptors (Lipinski definition) is 3.